The number of carbonyl (C=O) groups is 1. The van der Waals surface area contributed by atoms with Gasteiger partial charge in [0.25, 0.3) is 5.91 Å². The van der Waals surface area contributed by atoms with Crippen LogP contribution in [0.15, 0.2) is 18.3 Å². The van der Waals surface area contributed by atoms with Crippen LogP contribution in [0.1, 0.15) is 42.7 Å². The van der Waals surface area contributed by atoms with Crippen molar-refractivity contribution in [1.82, 2.24) is 15.2 Å². The maximum Gasteiger partial charge on any atom is 0.272 e. The summed E-state index contributed by atoms with van der Waals surface area (Å²) in [5.74, 6) is 0.636. The Balaban J connectivity index is 1.98. The number of hydrogen-bond acceptors (Lipinski definition) is 3. The van der Waals surface area contributed by atoms with Gasteiger partial charge in [-0.15, -0.1) is 0 Å². The third-order valence-corrected chi connectivity index (χ3v) is 3.83. The standard InChI is InChI=1S/C16H25N3O/c1-12(2)18-10-14-7-5-9-19(11-14)16(20)15-13(3)6-4-8-17-15/h4,6,8,12,14,18H,5,7,9-11H2,1-3H3. The summed E-state index contributed by atoms with van der Waals surface area (Å²) in [6.45, 7) is 8.94. The zero-order valence-corrected chi connectivity index (χ0v) is 12.7. The molecule has 110 valence electrons. The first kappa shape index (κ1) is 15.0. The molecular weight excluding hydrogens is 250 g/mol. The average Bonchev–Trinajstić information content (AvgIpc) is 2.45. The van der Waals surface area contributed by atoms with Gasteiger partial charge in [-0.05, 0) is 43.9 Å². The van der Waals surface area contributed by atoms with Gasteiger partial charge in [0, 0.05) is 25.3 Å². The average molecular weight is 275 g/mol. The molecule has 2 rings (SSSR count). The molecule has 1 N–H and O–H groups in total. The Morgan fingerprint density at radius 1 is 1.55 bits per heavy atom. The number of hydrogen-bond donors (Lipinski definition) is 1. The van der Waals surface area contributed by atoms with E-state index in [1.54, 1.807) is 6.20 Å². The molecule has 0 saturated carbocycles. The van der Waals surface area contributed by atoms with Gasteiger partial charge in [0.05, 0.1) is 0 Å². The Bertz CT molecular complexity index is 459. The number of amides is 1. The summed E-state index contributed by atoms with van der Waals surface area (Å²) in [4.78, 5) is 18.8. The molecule has 1 fully saturated rings. The van der Waals surface area contributed by atoms with Gasteiger partial charge in [-0.3, -0.25) is 9.78 Å². The Morgan fingerprint density at radius 2 is 2.35 bits per heavy atom. The van der Waals surface area contributed by atoms with Gasteiger partial charge >= 0.3 is 0 Å². The highest BCUT2D eigenvalue weighted by Crippen LogP contribution is 2.18. The van der Waals surface area contributed by atoms with Crippen molar-refractivity contribution in [3.63, 3.8) is 0 Å². The number of carbonyl (C=O) groups excluding carboxylic acids is 1. The Morgan fingerprint density at radius 3 is 3.05 bits per heavy atom. The lowest BCUT2D eigenvalue weighted by atomic mass is 9.97. The van der Waals surface area contributed by atoms with E-state index >= 15 is 0 Å². The van der Waals surface area contributed by atoms with Crippen LogP contribution in [0, 0.1) is 12.8 Å². The highest BCUT2D eigenvalue weighted by Gasteiger charge is 2.25. The first-order valence-electron chi connectivity index (χ1n) is 7.52. The zero-order chi connectivity index (χ0) is 14.5. The molecule has 1 amide bonds. The van der Waals surface area contributed by atoms with Crippen LogP contribution in [0.25, 0.3) is 0 Å². The molecular formula is C16H25N3O. The lowest BCUT2D eigenvalue weighted by Gasteiger charge is -2.33. The van der Waals surface area contributed by atoms with Gasteiger partial charge in [0.15, 0.2) is 0 Å². The minimum atomic E-state index is 0.0809. The van der Waals surface area contributed by atoms with E-state index in [1.165, 1.54) is 6.42 Å². The molecule has 1 atom stereocenters. The fraction of sp³-hybridized carbons (Fsp3) is 0.625. The topological polar surface area (TPSA) is 45.2 Å². The predicted molar refractivity (Wildman–Crippen MR) is 80.7 cm³/mol. The zero-order valence-electron chi connectivity index (χ0n) is 12.7. The number of piperidine rings is 1. The third kappa shape index (κ3) is 3.79. The van der Waals surface area contributed by atoms with E-state index in [-0.39, 0.29) is 5.91 Å². The van der Waals surface area contributed by atoms with Gasteiger partial charge in [0.1, 0.15) is 5.69 Å². The predicted octanol–water partition coefficient (Wildman–Crippen LogP) is 2.24. The van der Waals surface area contributed by atoms with E-state index in [4.69, 9.17) is 0 Å². The van der Waals surface area contributed by atoms with Crippen molar-refractivity contribution < 1.29 is 4.79 Å². The quantitative estimate of drug-likeness (QED) is 0.916. The summed E-state index contributed by atoms with van der Waals surface area (Å²) in [6.07, 6.45) is 3.98. The van der Waals surface area contributed by atoms with Crippen LogP contribution in [0.3, 0.4) is 0 Å². The largest absolute Gasteiger partial charge is 0.337 e. The summed E-state index contributed by atoms with van der Waals surface area (Å²) in [5, 5.41) is 3.47. The second-order valence-electron chi connectivity index (χ2n) is 5.99. The SMILES string of the molecule is Cc1cccnc1C(=O)N1CCCC(CNC(C)C)C1. The minimum Gasteiger partial charge on any atom is -0.337 e. The van der Waals surface area contributed by atoms with Crippen LogP contribution in [0.5, 0.6) is 0 Å². The maximum absolute atomic E-state index is 12.5. The number of pyridine rings is 1. The van der Waals surface area contributed by atoms with Crippen LogP contribution >= 0.6 is 0 Å². The lowest BCUT2D eigenvalue weighted by Crippen LogP contribution is -2.44. The normalized spacial score (nSPS) is 19.4. The molecule has 0 aromatic carbocycles. The van der Waals surface area contributed by atoms with Gasteiger partial charge in [-0.25, -0.2) is 0 Å². The van der Waals surface area contributed by atoms with E-state index in [0.29, 0.717) is 17.7 Å². The van der Waals surface area contributed by atoms with E-state index in [0.717, 1.165) is 31.6 Å². The van der Waals surface area contributed by atoms with E-state index in [9.17, 15) is 4.79 Å². The molecule has 0 aliphatic carbocycles. The first-order valence-corrected chi connectivity index (χ1v) is 7.52. The lowest BCUT2D eigenvalue weighted by molar-refractivity contribution is 0.0665. The minimum absolute atomic E-state index is 0.0809. The van der Waals surface area contributed by atoms with Crippen LogP contribution in [0.4, 0.5) is 0 Å². The fourth-order valence-electron chi connectivity index (χ4n) is 2.68. The molecule has 2 heterocycles. The monoisotopic (exact) mass is 275 g/mol. The van der Waals surface area contributed by atoms with Crippen molar-refractivity contribution in [1.29, 1.82) is 0 Å². The number of aromatic nitrogens is 1. The van der Waals surface area contributed by atoms with Gasteiger partial charge in [-0.2, -0.15) is 0 Å². The molecule has 1 unspecified atom stereocenters. The second-order valence-corrected chi connectivity index (χ2v) is 5.99. The summed E-state index contributed by atoms with van der Waals surface area (Å²) < 4.78 is 0. The van der Waals surface area contributed by atoms with E-state index < -0.39 is 0 Å². The number of likely N-dealkylation sites (tertiary alicyclic amines) is 1. The summed E-state index contributed by atoms with van der Waals surface area (Å²) in [7, 11) is 0. The summed E-state index contributed by atoms with van der Waals surface area (Å²) >= 11 is 0. The molecule has 1 aromatic rings. The van der Waals surface area contributed by atoms with E-state index in [2.05, 4.69) is 24.1 Å². The molecule has 4 heteroatoms. The molecule has 1 aromatic heterocycles. The Labute approximate surface area is 121 Å². The number of nitrogens with zero attached hydrogens (tertiary/aromatic N) is 2. The molecule has 4 nitrogen and oxygen atoms in total. The molecule has 20 heavy (non-hydrogen) atoms. The number of nitrogens with one attached hydrogen (secondary N) is 1. The maximum atomic E-state index is 12.5. The van der Waals surface area contributed by atoms with Crippen molar-refractivity contribution >= 4 is 5.91 Å². The Hall–Kier alpha value is -1.42. The van der Waals surface area contributed by atoms with E-state index in [1.807, 2.05) is 24.0 Å². The molecule has 1 aliphatic heterocycles. The summed E-state index contributed by atoms with van der Waals surface area (Å²) in [5.41, 5.74) is 1.56. The van der Waals surface area contributed by atoms with Crippen LogP contribution < -0.4 is 5.32 Å². The van der Waals surface area contributed by atoms with Crippen LogP contribution in [-0.4, -0.2) is 41.5 Å². The van der Waals surface area contributed by atoms with Gasteiger partial charge < -0.3 is 10.2 Å². The molecule has 1 aliphatic rings. The second kappa shape index (κ2) is 6.84. The van der Waals surface area contributed by atoms with Gasteiger partial charge in [-0.1, -0.05) is 19.9 Å². The van der Waals surface area contributed by atoms with Crippen LogP contribution in [-0.2, 0) is 0 Å². The van der Waals surface area contributed by atoms with Crippen molar-refractivity contribution in [3.05, 3.63) is 29.6 Å². The molecule has 0 radical (unpaired) electrons. The number of rotatable bonds is 4. The van der Waals surface area contributed by atoms with Crippen LogP contribution in [0.2, 0.25) is 0 Å². The first-order chi connectivity index (χ1) is 9.58. The van der Waals surface area contributed by atoms with Gasteiger partial charge in [0.2, 0.25) is 0 Å². The smallest absolute Gasteiger partial charge is 0.272 e. The Kier molecular flexibility index (Phi) is 5.12. The van der Waals surface area contributed by atoms with Crippen molar-refractivity contribution in [2.75, 3.05) is 19.6 Å². The number of aryl methyl sites for hydroxylation is 1. The highest BCUT2D eigenvalue weighted by atomic mass is 16.2. The van der Waals surface area contributed by atoms with Crippen molar-refractivity contribution in [3.8, 4) is 0 Å². The summed E-state index contributed by atoms with van der Waals surface area (Å²) in [6, 6.07) is 4.32. The van der Waals surface area contributed by atoms with Crippen molar-refractivity contribution in [2.45, 2.75) is 39.7 Å². The highest BCUT2D eigenvalue weighted by molar-refractivity contribution is 5.93. The molecule has 0 bridgehead atoms. The third-order valence-electron chi connectivity index (χ3n) is 3.83. The van der Waals surface area contributed by atoms with Crippen molar-refractivity contribution in [2.24, 2.45) is 5.92 Å². The molecule has 1 saturated heterocycles. The molecule has 0 spiro atoms. The fourth-order valence-corrected chi connectivity index (χ4v) is 2.68.